The SMILES string of the molecule is CC1=CC[C@@H]2[C@@]3(C)CC[C@H]4C(C)(C)C(=O)CC[C@]4(C)[C@@H]3CC[C@@]2(C)[C@@H]1CO.CC1=CC[C@@H]2[C@@]3(C)CC[C@H]4C(C)(C)C(=O)CC[C@]4(C)[C@@H]3CC[C@@]2(C)[C@@H]1CO. The Morgan fingerprint density at radius 1 is 0.463 bits per heavy atom. The van der Waals surface area contributed by atoms with Crippen LogP contribution in [0.4, 0.5) is 0 Å². The van der Waals surface area contributed by atoms with Crippen LogP contribution >= 0.6 is 0 Å². The lowest BCUT2D eigenvalue weighted by Crippen LogP contribution is -2.63. The van der Waals surface area contributed by atoms with Gasteiger partial charge in [-0.3, -0.25) is 9.59 Å². The van der Waals surface area contributed by atoms with Gasteiger partial charge >= 0.3 is 0 Å². The smallest absolute Gasteiger partial charge is 0.138 e. The van der Waals surface area contributed by atoms with Gasteiger partial charge in [-0.25, -0.2) is 0 Å². The fraction of sp³-hybridized carbons (Fsp3) is 0.880. The Morgan fingerprint density at radius 3 is 1.09 bits per heavy atom. The lowest BCUT2D eigenvalue weighted by molar-refractivity contribution is -0.201. The van der Waals surface area contributed by atoms with Gasteiger partial charge in [-0.15, -0.1) is 0 Å². The normalized spacial score (nSPS) is 51.7. The summed E-state index contributed by atoms with van der Waals surface area (Å²) in [5, 5.41) is 20.4. The molecule has 6 fully saturated rings. The molecule has 0 bridgehead atoms. The van der Waals surface area contributed by atoms with Crippen LogP contribution in [0.1, 0.15) is 173 Å². The van der Waals surface area contributed by atoms with Crippen molar-refractivity contribution in [3.05, 3.63) is 23.3 Å². The van der Waals surface area contributed by atoms with Gasteiger partial charge in [-0.1, -0.05) is 92.5 Å². The second kappa shape index (κ2) is 13.1. The molecule has 8 aliphatic carbocycles. The van der Waals surface area contributed by atoms with Crippen LogP contribution in [-0.2, 0) is 9.59 Å². The van der Waals surface area contributed by atoms with E-state index in [0.717, 1.165) is 25.7 Å². The molecular formula is C50H80O4. The highest BCUT2D eigenvalue weighted by molar-refractivity contribution is 5.86. The zero-order valence-electron chi connectivity index (χ0n) is 36.8. The summed E-state index contributed by atoms with van der Waals surface area (Å²) in [5.74, 6) is 5.42. The zero-order chi connectivity index (χ0) is 39.7. The summed E-state index contributed by atoms with van der Waals surface area (Å²) >= 11 is 0. The lowest BCUT2D eigenvalue weighted by Gasteiger charge is -2.69. The molecule has 0 aromatic heterocycles. The number of rotatable bonds is 2. The van der Waals surface area contributed by atoms with E-state index in [4.69, 9.17) is 0 Å². The van der Waals surface area contributed by atoms with E-state index in [0.29, 0.717) is 69.7 Å². The van der Waals surface area contributed by atoms with Gasteiger partial charge < -0.3 is 10.2 Å². The highest BCUT2D eigenvalue weighted by Crippen LogP contribution is 2.74. The molecule has 6 saturated carbocycles. The molecule has 14 atom stereocenters. The van der Waals surface area contributed by atoms with Crippen molar-refractivity contribution in [2.45, 2.75) is 173 Å². The molecule has 0 aromatic carbocycles. The first-order chi connectivity index (χ1) is 25.0. The molecule has 4 heteroatoms. The Kier molecular flexibility index (Phi) is 9.95. The van der Waals surface area contributed by atoms with Gasteiger partial charge in [0.05, 0.1) is 13.2 Å². The minimum atomic E-state index is -0.161. The van der Waals surface area contributed by atoms with Gasteiger partial charge in [0, 0.05) is 35.5 Å². The average molecular weight is 745 g/mol. The Labute approximate surface area is 330 Å². The first-order valence-corrected chi connectivity index (χ1v) is 22.6. The van der Waals surface area contributed by atoms with Gasteiger partial charge in [0.1, 0.15) is 11.6 Å². The number of hydrogen-bond donors (Lipinski definition) is 2. The number of Topliss-reactive ketones (excluding diaryl/α,β-unsaturated/α-hetero) is 2. The Hall–Kier alpha value is -1.26. The highest BCUT2D eigenvalue weighted by atomic mass is 16.3. The molecule has 8 aliphatic rings. The molecule has 54 heavy (non-hydrogen) atoms. The van der Waals surface area contributed by atoms with Crippen LogP contribution in [0.5, 0.6) is 0 Å². The minimum Gasteiger partial charge on any atom is -0.396 e. The van der Waals surface area contributed by atoms with Crippen LogP contribution in [0.2, 0.25) is 0 Å². The van der Waals surface area contributed by atoms with Gasteiger partial charge in [-0.2, -0.15) is 0 Å². The van der Waals surface area contributed by atoms with E-state index in [-0.39, 0.29) is 45.7 Å². The van der Waals surface area contributed by atoms with E-state index in [1.165, 1.54) is 75.4 Å². The fourth-order valence-corrected chi connectivity index (χ4v) is 18.2. The van der Waals surface area contributed by atoms with Crippen LogP contribution in [0, 0.1) is 90.7 Å². The molecule has 0 spiro atoms. The Morgan fingerprint density at radius 2 is 0.759 bits per heavy atom. The molecule has 0 radical (unpaired) electrons. The van der Waals surface area contributed by atoms with Crippen molar-refractivity contribution in [3.8, 4) is 0 Å². The third kappa shape index (κ3) is 5.38. The van der Waals surface area contributed by atoms with Crippen molar-refractivity contribution in [1.82, 2.24) is 0 Å². The molecule has 0 heterocycles. The van der Waals surface area contributed by atoms with Gasteiger partial charge in [0.25, 0.3) is 0 Å². The fourth-order valence-electron chi connectivity index (χ4n) is 18.2. The summed E-state index contributed by atoms with van der Waals surface area (Å²) in [7, 11) is 0. The molecule has 8 rings (SSSR count). The largest absolute Gasteiger partial charge is 0.396 e. The molecule has 0 aliphatic heterocycles. The molecule has 0 aromatic rings. The van der Waals surface area contributed by atoms with Crippen molar-refractivity contribution < 1.29 is 19.8 Å². The second-order valence-corrected chi connectivity index (χ2v) is 23.6. The molecule has 304 valence electrons. The van der Waals surface area contributed by atoms with Crippen molar-refractivity contribution in [2.75, 3.05) is 13.2 Å². The quantitative estimate of drug-likeness (QED) is 0.276. The van der Waals surface area contributed by atoms with Crippen LogP contribution in [-0.4, -0.2) is 35.0 Å². The third-order valence-corrected chi connectivity index (χ3v) is 21.2. The maximum absolute atomic E-state index is 12.7. The number of fused-ring (bicyclic) bond motifs is 10. The summed E-state index contributed by atoms with van der Waals surface area (Å²) in [6, 6.07) is 0. The average Bonchev–Trinajstić information content (AvgIpc) is 3.08. The van der Waals surface area contributed by atoms with Crippen LogP contribution in [0.25, 0.3) is 0 Å². The van der Waals surface area contributed by atoms with E-state index in [1.807, 2.05) is 0 Å². The van der Waals surface area contributed by atoms with E-state index < -0.39 is 0 Å². The van der Waals surface area contributed by atoms with E-state index in [1.54, 1.807) is 0 Å². The molecular weight excluding hydrogens is 665 g/mol. The molecule has 0 saturated heterocycles. The van der Waals surface area contributed by atoms with Crippen molar-refractivity contribution in [2.24, 2.45) is 90.7 Å². The highest BCUT2D eigenvalue weighted by Gasteiger charge is 2.68. The summed E-state index contributed by atoms with van der Waals surface area (Å²) < 4.78 is 0. The molecule has 0 amide bonds. The Balaban J connectivity index is 0.000000167. The van der Waals surface area contributed by atoms with Crippen LogP contribution in [0.3, 0.4) is 0 Å². The number of carbonyl (C=O) groups is 2. The topological polar surface area (TPSA) is 74.6 Å². The van der Waals surface area contributed by atoms with Gasteiger partial charge in [0.15, 0.2) is 0 Å². The summed E-state index contributed by atoms with van der Waals surface area (Å²) in [6.45, 7) is 29.1. The third-order valence-electron chi connectivity index (χ3n) is 21.2. The number of allylic oxidation sites excluding steroid dienone is 2. The van der Waals surface area contributed by atoms with Crippen molar-refractivity contribution in [1.29, 1.82) is 0 Å². The predicted octanol–water partition coefficient (Wildman–Crippen LogP) is 11.6. The number of aliphatic hydroxyl groups excluding tert-OH is 2. The number of hydrogen-bond acceptors (Lipinski definition) is 4. The van der Waals surface area contributed by atoms with E-state index in [2.05, 4.69) is 95.2 Å². The molecule has 2 N–H and O–H groups in total. The van der Waals surface area contributed by atoms with Crippen molar-refractivity contribution >= 4 is 11.6 Å². The second-order valence-electron chi connectivity index (χ2n) is 23.6. The van der Waals surface area contributed by atoms with Crippen molar-refractivity contribution in [3.63, 3.8) is 0 Å². The van der Waals surface area contributed by atoms with Gasteiger partial charge in [0.2, 0.25) is 0 Å². The monoisotopic (exact) mass is 745 g/mol. The standard InChI is InChI=1S/2C25H40O2/c2*1-16-7-8-19-23(4,17(16)15-26)12-10-20-24(5)14-11-21(27)22(2,3)18(24)9-13-25(19,20)6/h2*7,17-20,26H,8-15H2,1-6H3/t2*17-,18+,19+,20+,23+,24+,25-/m11/s1. The molecule has 4 nitrogen and oxygen atoms in total. The van der Waals surface area contributed by atoms with Gasteiger partial charge in [-0.05, 0) is 159 Å². The lowest BCUT2D eigenvalue weighted by atomic mass is 9.35. The number of aliphatic hydroxyl groups is 2. The number of carbonyl (C=O) groups excluding carboxylic acids is 2. The summed E-state index contributed by atoms with van der Waals surface area (Å²) in [5.41, 5.74) is 4.18. The van der Waals surface area contributed by atoms with E-state index in [9.17, 15) is 19.8 Å². The number of ketones is 2. The summed E-state index contributed by atoms with van der Waals surface area (Å²) in [6.07, 6.45) is 20.8. The van der Waals surface area contributed by atoms with E-state index >= 15 is 0 Å². The summed E-state index contributed by atoms with van der Waals surface area (Å²) in [4.78, 5) is 25.4. The maximum atomic E-state index is 12.7. The first kappa shape index (κ1) is 40.9. The van der Waals surface area contributed by atoms with Crippen LogP contribution in [0.15, 0.2) is 23.3 Å². The predicted molar refractivity (Wildman–Crippen MR) is 220 cm³/mol. The maximum Gasteiger partial charge on any atom is 0.138 e. The zero-order valence-corrected chi connectivity index (χ0v) is 36.8. The molecule has 0 unspecified atom stereocenters. The first-order valence-electron chi connectivity index (χ1n) is 22.6. The minimum absolute atomic E-state index is 0.161. The van der Waals surface area contributed by atoms with Crippen LogP contribution < -0.4 is 0 Å². The Bertz CT molecular complexity index is 1470.